The average Bonchev–Trinajstić information content (AvgIpc) is 2.36. The summed E-state index contributed by atoms with van der Waals surface area (Å²) in [6.45, 7) is 9.77. The summed E-state index contributed by atoms with van der Waals surface area (Å²) >= 11 is 0. The zero-order valence-electron chi connectivity index (χ0n) is 13.6. The van der Waals surface area contributed by atoms with Crippen molar-refractivity contribution in [2.24, 2.45) is 5.41 Å². The minimum atomic E-state index is -0.0565. The Morgan fingerprint density at radius 3 is 2.60 bits per heavy atom. The molecule has 0 saturated heterocycles. The van der Waals surface area contributed by atoms with Crippen molar-refractivity contribution in [1.29, 1.82) is 0 Å². The zero-order chi connectivity index (χ0) is 15.4. The largest absolute Gasteiger partial charge is 0.380 e. The van der Waals surface area contributed by atoms with E-state index in [0.29, 0.717) is 19.8 Å². The predicted octanol–water partition coefficient (Wildman–Crippen LogP) is 0.638. The maximum atomic E-state index is 11.6. The average molecular weight is 289 g/mol. The van der Waals surface area contributed by atoms with E-state index in [1.54, 1.807) is 12.1 Å². The summed E-state index contributed by atoms with van der Waals surface area (Å²) in [6, 6.07) is 0. The number of carbonyl (C=O) groups is 1. The van der Waals surface area contributed by atoms with Gasteiger partial charge in [-0.25, -0.2) is 0 Å². The molecule has 0 aromatic carbocycles. The van der Waals surface area contributed by atoms with Crippen LogP contribution in [-0.2, 0) is 14.4 Å². The highest BCUT2D eigenvalue weighted by atomic mass is 16.7. The minimum absolute atomic E-state index is 0.0352. The third-order valence-electron chi connectivity index (χ3n) is 2.61. The lowest BCUT2D eigenvalue weighted by molar-refractivity contribution is -0.169. The van der Waals surface area contributed by atoms with Gasteiger partial charge in [0.2, 0.25) is 5.91 Å². The quantitative estimate of drug-likeness (QED) is 0.408. The van der Waals surface area contributed by atoms with Gasteiger partial charge in [-0.15, -0.1) is 0 Å². The van der Waals surface area contributed by atoms with Crippen LogP contribution in [0.15, 0.2) is 0 Å². The molecule has 0 fully saturated rings. The van der Waals surface area contributed by atoms with Gasteiger partial charge >= 0.3 is 0 Å². The highest BCUT2D eigenvalue weighted by molar-refractivity contribution is 5.77. The van der Waals surface area contributed by atoms with Crippen LogP contribution in [0.4, 0.5) is 0 Å². The molecular formula is C14H31N3O3. The first-order valence-electron chi connectivity index (χ1n) is 7.24. The lowest BCUT2D eigenvalue weighted by atomic mass is 9.95. The van der Waals surface area contributed by atoms with E-state index in [9.17, 15) is 4.79 Å². The number of amides is 1. The van der Waals surface area contributed by atoms with Gasteiger partial charge < -0.3 is 15.4 Å². The second kappa shape index (κ2) is 11.0. The fraction of sp³-hybridized carbons (Fsp3) is 0.929. The maximum absolute atomic E-state index is 11.6. The van der Waals surface area contributed by atoms with Crippen LogP contribution in [0.2, 0.25) is 0 Å². The van der Waals surface area contributed by atoms with Crippen molar-refractivity contribution >= 4 is 5.91 Å². The molecule has 0 aromatic heterocycles. The van der Waals surface area contributed by atoms with Crippen molar-refractivity contribution < 1.29 is 14.4 Å². The number of nitrogens with zero attached hydrogens (tertiary/aromatic N) is 1. The van der Waals surface area contributed by atoms with Gasteiger partial charge in [-0.1, -0.05) is 20.8 Å². The topological polar surface area (TPSA) is 62.8 Å². The Labute approximate surface area is 123 Å². The number of hydrogen-bond donors (Lipinski definition) is 2. The van der Waals surface area contributed by atoms with Gasteiger partial charge in [-0.3, -0.25) is 9.63 Å². The lowest BCUT2D eigenvalue weighted by Crippen LogP contribution is -2.39. The second-order valence-corrected chi connectivity index (χ2v) is 5.72. The van der Waals surface area contributed by atoms with Crippen molar-refractivity contribution in [2.75, 3.05) is 53.6 Å². The van der Waals surface area contributed by atoms with E-state index in [1.807, 2.05) is 7.05 Å². The van der Waals surface area contributed by atoms with Gasteiger partial charge in [0.05, 0.1) is 13.2 Å². The third kappa shape index (κ3) is 11.2. The molecule has 0 atom stereocenters. The fourth-order valence-corrected chi connectivity index (χ4v) is 1.63. The Balaban J connectivity index is 3.69. The first-order valence-corrected chi connectivity index (χ1v) is 7.24. The molecule has 6 nitrogen and oxygen atoms in total. The number of nitrogens with one attached hydrogen (secondary N) is 2. The Kier molecular flexibility index (Phi) is 10.6. The molecule has 120 valence electrons. The van der Waals surface area contributed by atoms with Crippen LogP contribution in [0.25, 0.3) is 0 Å². The van der Waals surface area contributed by atoms with Crippen LogP contribution < -0.4 is 10.6 Å². The summed E-state index contributed by atoms with van der Waals surface area (Å²) in [5.74, 6) is -0.0565. The van der Waals surface area contributed by atoms with Gasteiger partial charge in [0.15, 0.2) is 0 Å². The molecule has 0 bridgehead atoms. The Hall–Kier alpha value is -0.690. The highest BCUT2D eigenvalue weighted by Crippen LogP contribution is 2.13. The summed E-state index contributed by atoms with van der Waals surface area (Å²) < 4.78 is 5.29. The predicted molar refractivity (Wildman–Crippen MR) is 80.4 cm³/mol. The molecule has 6 heteroatoms. The van der Waals surface area contributed by atoms with Crippen molar-refractivity contribution in [2.45, 2.75) is 27.2 Å². The summed E-state index contributed by atoms with van der Waals surface area (Å²) in [7, 11) is 3.68. The van der Waals surface area contributed by atoms with E-state index >= 15 is 0 Å². The van der Waals surface area contributed by atoms with Crippen molar-refractivity contribution in [1.82, 2.24) is 15.7 Å². The van der Waals surface area contributed by atoms with E-state index in [1.165, 1.54) is 0 Å². The number of rotatable bonds is 12. The van der Waals surface area contributed by atoms with E-state index in [2.05, 4.69) is 31.4 Å². The van der Waals surface area contributed by atoms with Crippen LogP contribution in [0.5, 0.6) is 0 Å². The molecule has 0 aromatic rings. The molecule has 0 saturated carbocycles. The van der Waals surface area contributed by atoms with E-state index in [-0.39, 0.29) is 17.9 Å². The van der Waals surface area contributed by atoms with E-state index < -0.39 is 0 Å². The van der Waals surface area contributed by atoms with Gasteiger partial charge in [0.1, 0.15) is 6.54 Å². The molecule has 1 amide bonds. The standard InChI is InChI=1S/C14H31N3O3/c1-6-8-19-9-7-16-13(18)10-17(5)20-12-14(2,3)11-15-4/h15H,6-12H2,1-5H3,(H,16,18). The van der Waals surface area contributed by atoms with Gasteiger partial charge in [-0.05, 0) is 13.5 Å². The molecule has 20 heavy (non-hydrogen) atoms. The van der Waals surface area contributed by atoms with E-state index in [4.69, 9.17) is 9.57 Å². The summed E-state index contributed by atoms with van der Waals surface area (Å²) in [4.78, 5) is 17.2. The molecule has 2 N–H and O–H groups in total. The summed E-state index contributed by atoms with van der Waals surface area (Å²) in [5, 5.41) is 7.49. The second-order valence-electron chi connectivity index (χ2n) is 5.72. The lowest BCUT2D eigenvalue weighted by Gasteiger charge is -2.26. The Morgan fingerprint density at radius 1 is 1.30 bits per heavy atom. The van der Waals surface area contributed by atoms with Crippen molar-refractivity contribution in [3.8, 4) is 0 Å². The van der Waals surface area contributed by atoms with Crippen LogP contribution in [0.3, 0.4) is 0 Å². The number of hydroxylamine groups is 2. The number of hydrogen-bond acceptors (Lipinski definition) is 5. The Morgan fingerprint density at radius 2 is 2.00 bits per heavy atom. The SMILES string of the molecule is CCCOCCNC(=O)CN(C)OCC(C)(C)CNC. The molecule has 0 aliphatic heterocycles. The number of carbonyl (C=O) groups excluding carboxylic acids is 1. The van der Waals surface area contributed by atoms with Crippen LogP contribution in [0.1, 0.15) is 27.2 Å². The molecule has 0 heterocycles. The maximum Gasteiger partial charge on any atom is 0.236 e. The molecule has 0 unspecified atom stereocenters. The normalized spacial score (nSPS) is 11.9. The first-order chi connectivity index (χ1) is 9.41. The first kappa shape index (κ1) is 19.3. The monoisotopic (exact) mass is 289 g/mol. The van der Waals surface area contributed by atoms with Gasteiger partial charge in [0.25, 0.3) is 0 Å². The minimum Gasteiger partial charge on any atom is -0.380 e. The third-order valence-corrected chi connectivity index (χ3v) is 2.61. The van der Waals surface area contributed by atoms with Gasteiger partial charge in [0, 0.05) is 32.2 Å². The summed E-state index contributed by atoms with van der Waals surface area (Å²) in [6.07, 6.45) is 0.993. The zero-order valence-corrected chi connectivity index (χ0v) is 13.6. The van der Waals surface area contributed by atoms with Crippen molar-refractivity contribution in [3.63, 3.8) is 0 Å². The number of likely N-dealkylation sites (N-methyl/N-ethyl adjacent to an activating group) is 1. The number of ether oxygens (including phenoxy) is 1. The van der Waals surface area contributed by atoms with E-state index in [0.717, 1.165) is 19.6 Å². The fourth-order valence-electron chi connectivity index (χ4n) is 1.63. The van der Waals surface area contributed by atoms with Crippen LogP contribution in [-0.4, -0.2) is 64.5 Å². The molecule has 0 aliphatic rings. The highest BCUT2D eigenvalue weighted by Gasteiger charge is 2.18. The molecule has 0 aliphatic carbocycles. The molecule has 0 rings (SSSR count). The molecule has 0 spiro atoms. The van der Waals surface area contributed by atoms with Gasteiger partial charge in [-0.2, -0.15) is 5.06 Å². The summed E-state index contributed by atoms with van der Waals surface area (Å²) in [5.41, 5.74) is 0.0352. The molecule has 0 radical (unpaired) electrons. The smallest absolute Gasteiger partial charge is 0.236 e. The Bertz CT molecular complexity index is 260. The molecular weight excluding hydrogens is 258 g/mol. The van der Waals surface area contributed by atoms with Crippen LogP contribution in [0, 0.1) is 5.41 Å². The van der Waals surface area contributed by atoms with Crippen LogP contribution >= 0.6 is 0 Å². The van der Waals surface area contributed by atoms with Crippen molar-refractivity contribution in [3.05, 3.63) is 0 Å².